The molecule has 0 radical (unpaired) electrons. The van der Waals surface area contributed by atoms with Crippen LogP contribution in [0.1, 0.15) is 24.2 Å². The molecule has 0 bridgehead atoms. The minimum Gasteiger partial charge on any atom is -0.496 e. The van der Waals surface area contributed by atoms with E-state index in [0.717, 1.165) is 0 Å². The highest BCUT2D eigenvalue weighted by Gasteiger charge is 2.28. The highest BCUT2D eigenvalue weighted by Crippen LogP contribution is 2.26. The number of esters is 1. The van der Waals surface area contributed by atoms with Crippen LogP contribution >= 0.6 is 12.4 Å². The van der Waals surface area contributed by atoms with Crippen LogP contribution in [0.4, 0.5) is 0 Å². The average molecular weight is 381 g/mol. The van der Waals surface area contributed by atoms with Crippen molar-refractivity contribution in [3.63, 3.8) is 0 Å². The molecular formula is C15H25ClN2O5S. The monoisotopic (exact) mass is 380 g/mol. The topological polar surface area (TPSA) is 98.9 Å². The van der Waals surface area contributed by atoms with Crippen molar-refractivity contribution in [1.82, 2.24) is 4.31 Å². The summed E-state index contributed by atoms with van der Waals surface area (Å²) in [5, 5.41) is 0. The molecular weight excluding hydrogens is 356 g/mol. The first-order valence-electron chi connectivity index (χ1n) is 7.02. The normalized spacial score (nSPS) is 11.8. The number of hydrogen-bond donors (Lipinski definition) is 1. The van der Waals surface area contributed by atoms with Gasteiger partial charge in [0.1, 0.15) is 11.3 Å². The lowest BCUT2D eigenvalue weighted by Gasteiger charge is -2.28. The third-order valence-electron chi connectivity index (χ3n) is 3.49. The van der Waals surface area contributed by atoms with Gasteiger partial charge in [-0.2, -0.15) is 0 Å². The van der Waals surface area contributed by atoms with Gasteiger partial charge in [0.2, 0.25) is 10.0 Å². The van der Waals surface area contributed by atoms with Crippen LogP contribution in [0.15, 0.2) is 23.1 Å². The second kappa shape index (κ2) is 8.66. The maximum Gasteiger partial charge on any atom is 0.341 e. The van der Waals surface area contributed by atoms with E-state index in [4.69, 9.17) is 10.5 Å². The van der Waals surface area contributed by atoms with Crippen molar-refractivity contribution >= 4 is 28.4 Å². The van der Waals surface area contributed by atoms with E-state index in [9.17, 15) is 13.2 Å². The molecule has 1 aromatic rings. The summed E-state index contributed by atoms with van der Waals surface area (Å²) < 4.78 is 36.3. The van der Waals surface area contributed by atoms with Crippen LogP contribution in [-0.2, 0) is 14.8 Å². The molecule has 0 unspecified atom stereocenters. The summed E-state index contributed by atoms with van der Waals surface area (Å²) in [7, 11) is 0.340. The first-order valence-corrected chi connectivity index (χ1v) is 8.46. The number of hydrogen-bond acceptors (Lipinski definition) is 6. The van der Waals surface area contributed by atoms with Crippen LogP contribution in [-0.4, -0.2) is 53.0 Å². The van der Waals surface area contributed by atoms with E-state index in [1.807, 2.05) is 13.8 Å². The Hall–Kier alpha value is -1.35. The Kier molecular flexibility index (Phi) is 8.17. The third-order valence-corrected chi connectivity index (χ3v) is 5.29. The van der Waals surface area contributed by atoms with E-state index in [1.54, 1.807) is 0 Å². The van der Waals surface area contributed by atoms with Crippen LogP contribution in [0, 0.1) is 5.41 Å². The molecule has 0 aliphatic rings. The molecule has 0 aromatic heterocycles. The Morgan fingerprint density at radius 1 is 1.29 bits per heavy atom. The average Bonchev–Trinajstić information content (AvgIpc) is 2.52. The van der Waals surface area contributed by atoms with Crippen molar-refractivity contribution in [3.8, 4) is 5.75 Å². The molecule has 0 heterocycles. The molecule has 0 amide bonds. The van der Waals surface area contributed by atoms with Crippen LogP contribution in [0.2, 0.25) is 0 Å². The summed E-state index contributed by atoms with van der Waals surface area (Å²) in [5.74, 6) is -0.412. The lowest BCUT2D eigenvalue weighted by atomic mass is 9.94. The zero-order chi connectivity index (χ0) is 17.8. The SMILES string of the molecule is COC(=O)c1cc(S(=O)(=O)N(C)CC(C)(C)CN)ccc1OC.Cl. The molecule has 7 nitrogen and oxygen atoms in total. The van der Waals surface area contributed by atoms with Crippen molar-refractivity contribution in [3.05, 3.63) is 23.8 Å². The van der Waals surface area contributed by atoms with Crippen molar-refractivity contribution in [2.24, 2.45) is 11.1 Å². The van der Waals surface area contributed by atoms with Gasteiger partial charge in [0.25, 0.3) is 0 Å². The van der Waals surface area contributed by atoms with E-state index in [1.165, 1.54) is 43.8 Å². The minimum absolute atomic E-state index is 0. The largest absolute Gasteiger partial charge is 0.496 e. The van der Waals surface area contributed by atoms with Gasteiger partial charge in [-0.3, -0.25) is 0 Å². The first kappa shape index (κ1) is 22.6. The Morgan fingerprint density at radius 3 is 2.33 bits per heavy atom. The van der Waals surface area contributed by atoms with Crippen molar-refractivity contribution < 1.29 is 22.7 Å². The summed E-state index contributed by atoms with van der Waals surface area (Å²) in [6.07, 6.45) is 0. The van der Waals surface area contributed by atoms with Gasteiger partial charge < -0.3 is 15.2 Å². The van der Waals surface area contributed by atoms with Gasteiger partial charge in [0.05, 0.1) is 19.1 Å². The minimum atomic E-state index is -3.76. The summed E-state index contributed by atoms with van der Waals surface area (Å²) in [5.41, 5.74) is 5.35. The second-order valence-electron chi connectivity index (χ2n) is 5.98. The zero-order valence-corrected chi connectivity index (χ0v) is 16.2. The maximum absolute atomic E-state index is 12.7. The molecule has 9 heteroatoms. The summed E-state index contributed by atoms with van der Waals surface area (Å²) in [6, 6.07) is 4.08. The molecule has 0 aliphatic carbocycles. The second-order valence-corrected chi connectivity index (χ2v) is 8.03. The lowest BCUT2D eigenvalue weighted by molar-refractivity contribution is 0.0596. The maximum atomic E-state index is 12.7. The number of nitrogens with two attached hydrogens (primary N) is 1. The fourth-order valence-electron chi connectivity index (χ4n) is 2.05. The number of rotatable bonds is 7. The highest BCUT2D eigenvalue weighted by molar-refractivity contribution is 7.89. The number of carbonyl (C=O) groups excluding carboxylic acids is 1. The third kappa shape index (κ3) is 5.07. The Bertz CT molecular complexity index is 676. The van der Waals surface area contributed by atoms with E-state index < -0.39 is 16.0 Å². The summed E-state index contributed by atoms with van der Waals surface area (Å²) >= 11 is 0. The molecule has 0 spiro atoms. The number of carbonyl (C=O) groups is 1. The van der Waals surface area contributed by atoms with E-state index in [0.29, 0.717) is 6.54 Å². The van der Waals surface area contributed by atoms with E-state index in [2.05, 4.69) is 4.74 Å². The van der Waals surface area contributed by atoms with Crippen LogP contribution in [0.5, 0.6) is 5.75 Å². The number of sulfonamides is 1. The van der Waals surface area contributed by atoms with Crippen LogP contribution < -0.4 is 10.5 Å². The molecule has 0 atom stereocenters. The highest BCUT2D eigenvalue weighted by atomic mass is 35.5. The molecule has 0 aliphatic heterocycles. The summed E-state index contributed by atoms with van der Waals surface area (Å²) in [4.78, 5) is 11.8. The predicted molar refractivity (Wildman–Crippen MR) is 94.2 cm³/mol. The van der Waals surface area contributed by atoms with Gasteiger partial charge >= 0.3 is 5.97 Å². The Morgan fingerprint density at radius 2 is 1.88 bits per heavy atom. The number of benzene rings is 1. The van der Waals surface area contributed by atoms with Crippen molar-refractivity contribution in [2.75, 3.05) is 34.4 Å². The van der Waals surface area contributed by atoms with Gasteiger partial charge in [0.15, 0.2) is 0 Å². The first-order chi connectivity index (χ1) is 10.6. The lowest BCUT2D eigenvalue weighted by Crippen LogP contribution is -2.39. The molecule has 24 heavy (non-hydrogen) atoms. The van der Waals surface area contributed by atoms with Gasteiger partial charge in [-0.15, -0.1) is 12.4 Å². The quantitative estimate of drug-likeness (QED) is 0.720. The van der Waals surface area contributed by atoms with Gasteiger partial charge in [-0.1, -0.05) is 13.8 Å². The molecule has 0 saturated heterocycles. The fraction of sp³-hybridized carbons (Fsp3) is 0.533. The fourth-order valence-corrected chi connectivity index (χ4v) is 3.44. The standard InChI is InChI=1S/C15H24N2O5S.ClH/c1-15(2,9-16)10-17(3)23(19,20)11-6-7-13(21-4)12(8-11)14(18)22-5;/h6-8H,9-10,16H2,1-5H3;1H. The number of ether oxygens (including phenoxy) is 2. The summed E-state index contributed by atoms with van der Waals surface area (Å²) in [6.45, 7) is 4.37. The number of halogens is 1. The van der Waals surface area contributed by atoms with E-state index in [-0.39, 0.29) is 40.6 Å². The van der Waals surface area contributed by atoms with Gasteiger partial charge in [-0.25, -0.2) is 17.5 Å². The smallest absolute Gasteiger partial charge is 0.341 e. The Labute approximate surface area is 149 Å². The van der Waals surface area contributed by atoms with Crippen LogP contribution in [0.25, 0.3) is 0 Å². The molecule has 138 valence electrons. The molecule has 2 N–H and O–H groups in total. The van der Waals surface area contributed by atoms with Crippen LogP contribution in [0.3, 0.4) is 0 Å². The van der Waals surface area contributed by atoms with Crippen molar-refractivity contribution in [1.29, 1.82) is 0 Å². The molecule has 1 rings (SSSR count). The predicted octanol–water partition coefficient (Wildman–Crippen LogP) is 1.51. The Balaban J connectivity index is 0.00000529. The molecule has 0 fully saturated rings. The van der Waals surface area contributed by atoms with Gasteiger partial charge in [-0.05, 0) is 30.2 Å². The molecule has 1 aromatic carbocycles. The molecule has 0 saturated carbocycles. The number of methoxy groups -OCH3 is 2. The van der Waals surface area contributed by atoms with E-state index >= 15 is 0 Å². The number of nitrogens with zero attached hydrogens (tertiary/aromatic N) is 1. The van der Waals surface area contributed by atoms with Crippen molar-refractivity contribution in [2.45, 2.75) is 18.7 Å². The zero-order valence-electron chi connectivity index (χ0n) is 14.5. The van der Waals surface area contributed by atoms with Gasteiger partial charge in [0, 0.05) is 13.6 Å².